The molecule has 40 heavy (non-hydrogen) atoms. The van der Waals surface area contributed by atoms with Crippen LogP contribution in [0.2, 0.25) is 0 Å². The number of aliphatic hydroxyl groups is 2. The third kappa shape index (κ3) is 8.86. The number of fused-ring (bicyclic) bond motifs is 1. The Morgan fingerprint density at radius 3 is 1.30 bits per heavy atom. The first-order valence-corrected chi connectivity index (χ1v) is 14.0. The van der Waals surface area contributed by atoms with E-state index in [2.05, 4.69) is 133 Å². The molecule has 0 bridgehead atoms. The van der Waals surface area contributed by atoms with Gasteiger partial charge in [-0.1, -0.05) is 109 Å². The zero-order valence-corrected chi connectivity index (χ0v) is 22.9. The van der Waals surface area contributed by atoms with Crippen LogP contribution >= 0.6 is 0 Å². The molecule has 0 heterocycles. The smallest absolute Gasteiger partial charge is 0.0431 e. The molecule has 0 aliphatic carbocycles. The highest BCUT2D eigenvalue weighted by Gasteiger charge is 2.02. The van der Waals surface area contributed by atoms with Crippen LogP contribution in [0.4, 0.5) is 0 Å². The van der Waals surface area contributed by atoms with Crippen molar-refractivity contribution in [1.82, 2.24) is 0 Å². The van der Waals surface area contributed by atoms with Gasteiger partial charge >= 0.3 is 0 Å². The summed E-state index contributed by atoms with van der Waals surface area (Å²) in [6.45, 7) is 0.466. The Labute approximate surface area is 238 Å². The Balaban J connectivity index is 1.44. The fraction of sp³-hybridized carbons (Fsp3) is 0.211. The van der Waals surface area contributed by atoms with Crippen molar-refractivity contribution in [2.45, 2.75) is 38.5 Å². The molecular weight excluding hydrogens is 488 g/mol. The van der Waals surface area contributed by atoms with Gasteiger partial charge in [0.15, 0.2) is 0 Å². The predicted octanol–water partition coefficient (Wildman–Crippen LogP) is 8.21. The topological polar surface area (TPSA) is 40.5 Å². The first kappa shape index (κ1) is 28.7. The molecule has 0 aliphatic heterocycles. The van der Waals surface area contributed by atoms with Gasteiger partial charge in [-0.05, 0) is 83.0 Å². The van der Waals surface area contributed by atoms with Gasteiger partial charge in [-0.25, -0.2) is 0 Å². The van der Waals surface area contributed by atoms with Crippen LogP contribution in [0.5, 0.6) is 0 Å². The summed E-state index contributed by atoms with van der Waals surface area (Å²) >= 11 is 0. The molecule has 0 aliphatic rings. The molecule has 0 fully saturated rings. The summed E-state index contributed by atoms with van der Waals surface area (Å²) in [6.07, 6.45) is 13.8. The van der Waals surface area contributed by atoms with E-state index in [1.165, 1.54) is 21.9 Å². The van der Waals surface area contributed by atoms with Gasteiger partial charge in [0.25, 0.3) is 0 Å². The summed E-state index contributed by atoms with van der Waals surface area (Å²) in [4.78, 5) is 0. The molecular formula is C38H36O2. The van der Waals surface area contributed by atoms with Crippen LogP contribution in [-0.4, -0.2) is 23.4 Å². The third-order valence-electron chi connectivity index (χ3n) is 6.61. The Kier molecular flexibility index (Phi) is 11.4. The van der Waals surface area contributed by atoms with Gasteiger partial charge in [0.2, 0.25) is 0 Å². The van der Waals surface area contributed by atoms with Crippen molar-refractivity contribution in [3.8, 4) is 23.7 Å². The van der Waals surface area contributed by atoms with Gasteiger partial charge in [-0.3, -0.25) is 0 Å². The molecule has 200 valence electrons. The van der Waals surface area contributed by atoms with E-state index in [0.717, 1.165) is 60.8 Å². The van der Waals surface area contributed by atoms with E-state index >= 15 is 0 Å². The normalized spacial score (nSPS) is 10.9. The Hall–Kier alpha value is -4.34. The highest BCUT2D eigenvalue weighted by atomic mass is 16.3. The van der Waals surface area contributed by atoms with Crippen LogP contribution in [-0.2, 0) is 0 Å². The maximum atomic E-state index is 8.86. The molecule has 2 nitrogen and oxygen atoms in total. The molecule has 2 heteroatoms. The standard InChI is InChI=1S/C38H36O2/c39-29-9-3-1-5-11-31-15-19-33(20-16-31)23-25-35-27-28-36(38-14-8-7-13-37(35)38)26-24-34-21-17-32(18-22-34)12-6-2-4-10-30-40/h7-8,13-28,39-40H,1-4,9-10,29-30H2/b25-23+,26-24+. The Bertz CT molecular complexity index is 1430. The van der Waals surface area contributed by atoms with Crippen LogP contribution in [0.1, 0.15) is 71.9 Å². The van der Waals surface area contributed by atoms with Gasteiger partial charge in [0, 0.05) is 37.2 Å². The second-order valence-corrected chi connectivity index (χ2v) is 9.67. The molecule has 2 N–H and O–H groups in total. The van der Waals surface area contributed by atoms with Crippen molar-refractivity contribution in [2.24, 2.45) is 0 Å². The molecule has 4 rings (SSSR count). The fourth-order valence-corrected chi connectivity index (χ4v) is 4.34. The van der Waals surface area contributed by atoms with Crippen molar-refractivity contribution in [3.63, 3.8) is 0 Å². The van der Waals surface area contributed by atoms with Gasteiger partial charge in [0.05, 0.1) is 0 Å². The summed E-state index contributed by atoms with van der Waals surface area (Å²) in [5.41, 5.74) is 6.67. The molecule has 0 aromatic heterocycles. The minimum absolute atomic E-state index is 0.233. The van der Waals surface area contributed by atoms with E-state index in [1.54, 1.807) is 0 Å². The maximum Gasteiger partial charge on any atom is 0.0431 e. The molecule has 4 aromatic carbocycles. The Morgan fingerprint density at radius 2 is 0.900 bits per heavy atom. The lowest BCUT2D eigenvalue weighted by Gasteiger charge is -2.07. The van der Waals surface area contributed by atoms with Crippen molar-refractivity contribution in [1.29, 1.82) is 0 Å². The highest BCUT2D eigenvalue weighted by Crippen LogP contribution is 2.26. The van der Waals surface area contributed by atoms with E-state index in [1.807, 2.05) is 0 Å². The van der Waals surface area contributed by atoms with Crippen molar-refractivity contribution >= 4 is 35.1 Å². The van der Waals surface area contributed by atoms with Gasteiger partial charge in [0.1, 0.15) is 0 Å². The van der Waals surface area contributed by atoms with E-state index in [-0.39, 0.29) is 13.2 Å². The van der Waals surface area contributed by atoms with Crippen LogP contribution in [0, 0.1) is 23.7 Å². The molecule has 4 aromatic rings. The summed E-state index contributed by atoms with van der Waals surface area (Å²) in [6, 6.07) is 29.5. The number of hydrogen-bond donors (Lipinski definition) is 2. The van der Waals surface area contributed by atoms with Crippen LogP contribution < -0.4 is 0 Å². The summed E-state index contributed by atoms with van der Waals surface area (Å²) in [5, 5.41) is 20.2. The van der Waals surface area contributed by atoms with E-state index in [0.29, 0.717) is 0 Å². The molecule has 0 spiro atoms. The first-order chi connectivity index (χ1) is 19.8. The summed E-state index contributed by atoms with van der Waals surface area (Å²) in [7, 11) is 0. The average molecular weight is 525 g/mol. The Morgan fingerprint density at radius 1 is 0.475 bits per heavy atom. The number of rotatable bonds is 10. The van der Waals surface area contributed by atoms with Gasteiger partial charge in [-0.2, -0.15) is 0 Å². The minimum atomic E-state index is 0.233. The largest absolute Gasteiger partial charge is 0.396 e. The number of benzene rings is 4. The van der Waals surface area contributed by atoms with E-state index < -0.39 is 0 Å². The summed E-state index contributed by atoms with van der Waals surface area (Å²) < 4.78 is 0. The molecule has 0 atom stereocenters. The lowest BCUT2D eigenvalue weighted by Crippen LogP contribution is -1.83. The second kappa shape index (κ2) is 15.9. The molecule has 0 amide bonds. The molecule has 0 radical (unpaired) electrons. The maximum absolute atomic E-state index is 8.86. The zero-order chi connectivity index (χ0) is 27.8. The third-order valence-corrected chi connectivity index (χ3v) is 6.61. The van der Waals surface area contributed by atoms with Crippen molar-refractivity contribution in [3.05, 3.63) is 118 Å². The number of aliphatic hydroxyl groups excluding tert-OH is 2. The first-order valence-electron chi connectivity index (χ1n) is 14.0. The molecule has 0 unspecified atom stereocenters. The monoisotopic (exact) mass is 524 g/mol. The SMILES string of the molecule is OCCCCC#Cc1ccc(/C=C/c2ccc(/C=C/c3ccc(C#CCCCCO)cc3)c3ccccc23)cc1. The minimum Gasteiger partial charge on any atom is -0.396 e. The lowest BCUT2D eigenvalue weighted by atomic mass is 9.98. The predicted molar refractivity (Wildman–Crippen MR) is 170 cm³/mol. The lowest BCUT2D eigenvalue weighted by molar-refractivity contribution is 0.285. The van der Waals surface area contributed by atoms with E-state index in [9.17, 15) is 0 Å². The average Bonchev–Trinajstić information content (AvgIpc) is 3.00. The quantitative estimate of drug-likeness (QED) is 0.125. The van der Waals surface area contributed by atoms with E-state index in [4.69, 9.17) is 10.2 Å². The van der Waals surface area contributed by atoms with Crippen molar-refractivity contribution in [2.75, 3.05) is 13.2 Å². The number of hydrogen-bond acceptors (Lipinski definition) is 2. The fourth-order valence-electron chi connectivity index (χ4n) is 4.34. The van der Waals surface area contributed by atoms with Crippen LogP contribution in [0.25, 0.3) is 35.1 Å². The zero-order valence-electron chi connectivity index (χ0n) is 22.9. The van der Waals surface area contributed by atoms with Gasteiger partial charge in [-0.15, -0.1) is 0 Å². The van der Waals surface area contributed by atoms with Crippen molar-refractivity contribution < 1.29 is 10.2 Å². The number of unbranched alkanes of at least 4 members (excludes halogenated alkanes) is 4. The highest BCUT2D eigenvalue weighted by molar-refractivity contribution is 5.99. The van der Waals surface area contributed by atoms with Gasteiger partial charge < -0.3 is 10.2 Å². The molecule has 0 saturated carbocycles. The summed E-state index contributed by atoms with van der Waals surface area (Å²) in [5.74, 6) is 12.8. The second-order valence-electron chi connectivity index (χ2n) is 9.67. The van der Waals surface area contributed by atoms with Crippen LogP contribution in [0.3, 0.4) is 0 Å². The van der Waals surface area contributed by atoms with Crippen LogP contribution in [0.15, 0.2) is 84.9 Å². The molecule has 0 saturated heterocycles.